The van der Waals surface area contributed by atoms with E-state index in [1.807, 2.05) is 41.7 Å². The normalized spacial score (nSPS) is 12.0. The van der Waals surface area contributed by atoms with Gasteiger partial charge in [0.25, 0.3) is 0 Å². The summed E-state index contributed by atoms with van der Waals surface area (Å²) in [7, 11) is 1.35. The van der Waals surface area contributed by atoms with E-state index in [9.17, 15) is 14.4 Å². The fourth-order valence-electron chi connectivity index (χ4n) is 1.88. The first kappa shape index (κ1) is 21.1. The van der Waals surface area contributed by atoms with Crippen molar-refractivity contribution in [1.82, 2.24) is 0 Å². The quantitative estimate of drug-likeness (QED) is 0.257. The van der Waals surface area contributed by atoms with Gasteiger partial charge in [-0.25, -0.2) is 9.59 Å². The van der Waals surface area contributed by atoms with Crippen LogP contribution in [0.5, 0.6) is 0 Å². The highest BCUT2D eigenvalue weighted by molar-refractivity contribution is 14.1. The molecule has 0 saturated carbocycles. The van der Waals surface area contributed by atoms with Gasteiger partial charge in [0.15, 0.2) is 0 Å². The second kappa shape index (κ2) is 10.9. The van der Waals surface area contributed by atoms with E-state index < -0.39 is 11.6 Å². The van der Waals surface area contributed by atoms with Gasteiger partial charge in [0.2, 0.25) is 0 Å². The average molecular weight is 460 g/mol. The zero-order valence-electron chi connectivity index (χ0n) is 14.5. The van der Waals surface area contributed by atoms with Crippen LogP contribution in [-0.2, 0) is 25.5 Å². The molecule has 0 spiro atoms. The van der Waals surface area contributed by atoms with Crippen LogP contribution in [0.2, 0.25) is 0 Å². The average Bonchev–Trinajstić information content (AvgIpc) is 2.57. The Hall–Kier alpha value is -1.90. The molecule has 1 heterocycles. The predicted molar refractivity (Wildman–Crippen MR) is 101 cm³/mol. The molecule has 0 unspecified atom stereocenters. The fraction of sp³-hybridized carbons (Fsp3) is 0.389. The summed E-state index contributed by atoms with van der Waals surface area (Å²) in [5, 5.41) is 0. The van der Waals surface area contributed by atoms with E-state index in [1.54, 1.807) is 13.0 Å². The van der Waals surface area contributed by atoms with Crippen LogP contribution in [0.15, 0.2) is 44.6 Å². The van der Waals surface area contributed by atoms with Crippen molar-refractivity contribution < 1.29 is 23.5 Å². The van der Waals surface area contributed by atoms with Gasteiger partial charge in [-0.15, -0.1) is 0 Å². The number of rotatable bonds is 8. The van der Waals surface area contributed by atoms with E-state index in [4.69, 9.17) is 9.15 Å². The molecule has 0 amide bonds. The molecule has 136 valence electrons. The molecule has 0 aromatic carbocycles. The molecule has 1 aromatic heterocycles. The Balaban J connectivity index is 2.40. The van der Waals surface area contributed by atoms with Crippen LogP contribution < -0.4 is 5.63 Å². The number of halogens is 1. The highest BCUT2D eigenvalue weighted by Crippen LogP contribution is 2.11. The van der Waals surface area contributed by atoms with E-state index in [0.29, 0.717) is 21.3 Å². The summed E-state index contributed by atoms with van der Waals surface area (Å²) < 4.78 is 15.4. The first-order valence-corrected chi connectivity index (χ1v) is 8.76. The van der Waals surface area contributed by atoms with Gasteiger partial charge in [0, 0.05) is 11.6 Å². The summed E-state index contributed by atoms with van der Waals surface area (Å²) in [6, 6.07) is 2.90. The van der Waals surface area contributed by atoms with Crippen molar-refractivity contribution in [2.45, 2.75) is 33.1 Å². The van der Waals surface area contributed by atoms with Crippen molar-refractivity contribution in [1.29, 1.82) is 0 Å². The molecular formula is C18H21IO6. The molecule has 0 aliphatic carbocycles. The molecule has 0 saturated heterocycles. The van der Waals surface area contributed by atoms with Gasteiger partial charge in [-0.3, -0.25) is 4.79 Å². The Morgan fingerprint density at radius 2 is 1.96 bits per heavy atom. The van der Waals surface area contributed by atoms with Crippen molar-refractivity contribution in [3.63, 3.8) is 0 Å². The fourth-order valence-corrected chi connectivity index (χ4v) is 2.36. The maximum atomic E-state index is 11.8. The molecule has 0 atom stereocenters. The number of allylic oxidation sites excluding steroid dienone is 2. The van der Waals surface area contributed by atoms with Crippen LogP contribution in [0.4, 0.5) is 0 Å². The molecule has 0 radical (unpaired) electrons. The van der Waals surface area contributed by atoms with E-state index in [2.05, 4.69) is 4.74 Å². The first-order valence-electron chi connectivity index (χ1n) is 7.68. The molecule has 1 aromatic rings. The Morgan fingerprint density at radius 3 is 2.64 bits per heavy atom. The number of esters is 2. The Morgan fingerprint density at radius 1 is 1.24 bits per heavy atom. The van der Waals surface area contributed by atoms with Crippen LogP contribution in [0, 0.1) is 3.57 Å². The van der Waals surface area contributed by atoms with Crippen molar-refractivity contribution in [3.05, 3.63) is 55.2 Å². The Bertz CT molecular complexity index is 729. The molecule has 0 bridgehead atoms. The Kier molecular flexibility index (Phi) is 9.18. The van der Waals surface area contributed by atoms with Gasteiger partial charge in [0.05, 0.1) is 10.7 Å². The molecule has 0 fully saturated rings. The van der Waals surface area contributed by atoms with Crippen molar-refractivity contribution in [2.24, 2.45) is 0 Å². The van der Waals surface area contributed by atoms with Crippen LogP contribution in [-0.4, -0.2) is 25.7 Å². The zero-order valence-corrected chi connectivity index (χ0v) is 16.6. The lowest BCUT2D eigenvalue weighted by atomic mass is 10.1. The van der Waals surface area contributed by atoms with Gasteiger partial charge >= 0.3 is 17.6 Å². The number of hydrogen-bond donors (Lipinski definition) is 0. The van der Waals surface area contributed by atoms with Gasteiger partial charge < -0.3 is 13.9 Å². The summed E-state index contributed by atoms with van der Waals surface area (Å²) in [5.74, 6) is -0.488. The van der Waals surface area contributed by atoms with Crippen molar-refractivity contribution >= 4 is 34.5 Å². The third-order valence-electron chi connectivity index (χ3n) is 3.33. The largest absolute Gasteiger partial charge is 0.466 e. The number of carbonyl (C=O) groups is 2. The summed E-state index contributed by atoms with van der Waals surface area (Å²) in [6.07, 6.45) is 4.99. The maximum absolute atomic E-state index is 11.8. The molecule has 0 N–H and O–H groups in total. The molecular weight excluding hydrogens is 439 g/mol. The Labute approximate surface area is 160 Å². The molecule has 6 nitrogen and oxygen atoms in total. The molecule has 0 aliphatic rings. The molecule has 1 rings (SSSR count). The molecule has 7 heteroatoms. The van der Waals surface area contributed by atoms with Gasteiger partial charge in [-0.05, 0) is 61.4 Å². The minimum atomic E-state index is -0.491. The predicted octanol–water partition coefficient (Wildman–Crippen LogP) is 3.18. The highest BCUT2D eigenvalue weighted by Gasteiger charge is 2.10. The minimum Gasteiger partial charge on any atom is -0.466 e. The van der Waals surface area contributed by atoms with Crippen LogP contribution in [0.3, 0.4) is 0 Å². The van der Waals surface area contributed by atoms with Gasteiger partial charge in [0.1, 0.15) is 18.8 Å². The lowest BCUT2D eigenvalue weighted by Crippen LogP contribution is -2.11. The van der Waals surface area contributed by atoms with E-state index in [1.165, 1.54) is 13.2 Å². The van der Waals surface area contributed by atoms with Crippen LogP contribution in [0.25, 0.3) is 0 Å². The lowest BCUT2D eigenvalue weighted by molar-refractivity contribution is -0.142. The highest BCUT2D eigenvalue weighted by atomic mass is 127. The second-order valence-corrected chi connectivity index (χ2v) is 6.52. The number of carbonyl (C=O) groups excluding carboxylic acids is 2. The minimum absolute atomic E-state index is 0.0810. The molecule has 25 heavy (non-hydrogen) atoms. The van der Waals surface area contributed by atoms with E-state index >= 15 is 0 Å². The van der Waals surface area contributed by atoms with Gasteiger partial charge in [-0.1, -0.05) is 11.6 Å². The SMILES string of the molecule is COC(=O)C(C)=CCCC(C)=CCOC(=O)Cc1oc(=O)ccc1I. The monoisotopic (exact) mass is 460 g/mol. The van der Waals surface area contributed by atoms with Crippen LogP contribution >= 0.6 is 22.6 Å². The smallest absolute Gasteiger partial charge is 0.335 e. The van der Waals surface area contributed by atoms with E-state index in [0.717, 1.165) is 12.0 Å². The van der Waals surface area contributed by atoms with Crippen LogP contribution in [0.1, 0.15) is 32.4 Å². The second-order valence-electron chi connectivity index (χ2n) is 5.35. The summed E-state index contributed by atoms with van der Waals surface area (Å²) >= 11 is 2.00. The van der Waals surface area contributed by atoms with Crippen molar-refractivity contribution in [2.75, 3.05) is 13.7 Å². The standard InChI is InChI=1S/C18H21IO6/c1-12(5-4-6-13(2)18(22)23-3)9-10-24-17(21)11-15-14(19)7-8-16(20)25-15/h6-9H,4-5,10-11H2,1-3H3. The van der Waals surface area contributed by atoms with Crippen molar-refractivity contribution in [3.8, 4) is 0 Å². The number of hydrogen-bond acceptors (Lipinski definition) is 6. The molecule has 0 aliphatic heterocycles. The third kappa shape index (κ3) is 8.15. The maximum Gasteiger partial charge on any atom is 0.335 e. The number of methoxy groups -OCH3 is 1. The summed E-state index contributed by atoms with van der Waals surface area (Å²) in [5.41, 5.74) is 1.12. The zero-order chi connectivity index (χ0) is 18.8. The third-order valence-corrected chi connectivity index (χ3v) is 4.29. The van der Waals surface area contributed by atoms with Gasteiger partial charge in [-0.2, -0.15) is 0 Å². The summed E-state index contributed by atoms with van der Waals surface area (Å²) in [4.78, 5) is 34.2. The first-order chi connectivity index (χ1) is 11.8. The lowest BCUT2D eigenvalue weighted by Gasteiger charge is -2.04. The number of ether oxygens (including phenoxy) is 2. The summed E-state index contributed by atoms with van der Waals surface area (Å²) in [6.45, 7) is 3.78. The van der Waals surface area contributed by atoms with E-state index in [-0.39, 0.29) is 19.0 Å². The topological polar surface area (TPSA) is 82.8 Å².